The molecule has 10 N–H and O–H groups in total. The number of fused-ring (bicyclic) bond motifs is 1. The molecule has 1 aromatic heterocycles. The maximum atomic E-state index is 13.6. The number of para-hydroxylation sites is 1. The number of aromatic nitrogens is 1. The monoisotopic (exact) mass is 747 g/mol. The number of amides is 5. The van der Waals surface area contributed by atoms with Crippen molar-refractivity contribution in [2.45, 2.75) is 88.6 Å². The van der Waals surface area contributed by atoms with E-state index >= 15 is 0 Å². The lowest BCUT2D eigenvalue weighted by Crippen LogP contribution is -2.61. The Morgan fingerprint density at radius 3 is 2.19 bits per heavy atom. The van der Waals surface area contributed by atoms with E-state index in [9.17, 15) is 48.9 Å². The van der Waals surface area contributed by atoms with E-state index in [1.54, 1.807) is 26.3 Å². The molecular weight excluding hydrogens is 698 g/mol. The molecule has 0 aliphatic carbocycles. The highest BCUT2D eigenvalue weighted by atomic mass is 32.2. The normalized spacial score (nSPS) is 17.1. The molecule has 0 unspecified atom stereocenters. The highest BCUT2D eigenvalue weighted by molar-refractivity contribution is 7.98. The molecule has 17 nitrogen and oxygen atoms in total. The fourth-order valence-corrected chi connectivity index (χ4v) is 6.42. The lowest BCUT2D eigenvalue weighted by Gasteiger charge is -2.29. The Labute approximate surface area is 305 Å². The van der Waals surface area contributed by atoms with Crippen LogP contribution in [0.2, 0.25) is 0 Å². The quantitative estimate of drug-likeness (QED) is 0.0815. The van der Waals surface area contributed by atoms with Gasteiger partial charge in [-0.3, -0.25) is 28.8 Å². The van der Waals surface area contributed by atoms with E-state index in [1.807, 2.05) is 24.3 Å². The summed E-state index contributed by atoms with van der Waals surface area (Å²) in [7, 11) is 0. The highest BCUT2D eigenvalue weighted by Crippen LogP contribution is 2.20. The number of carbonyl (C=O) groups excluding carboxylic acids is 5. The number of H-pyrrole nitrogens is 1. The summed E-state index contributed by atoms with van der Waals surface area (Å²) >= 11 is 1.39. The number of carbonyl (C=O) groups is 7. The van der Waals surface area contributed by atoms with Gasteiger partial charge in [0.05, 0.1) is 12.6 Å². The van der Waals surface area contributed by atoms with Crippen LogP contribution in [-0.2, 0) is 40.0 Å². The zero-order valence-electron chi connectivity index (χ0n) is 29.4. The maximum absolute atomic E-state index is 13.6. The van der Waals surface area contributed by atoms with Crippen LogP contribution in [-0.4, -0.2) is 128 Å². The number of nitrogens with two attached hydrogens (primary N) is 1. The van der Waals surface area contributed by atoms with Gasteiger partial charge >= 0.3 is 11.9 Å². The third-order valence-corrected chi connectivity index (χ3v) is 9.48. The number of aliphatic carboxylic acids is 2. The van der Waals surface area contributed by atoms with E-state index in [0.29, 0.717) is 12.2 Å². The van der Waals surface area contributed by atoms with Crippen molar-refractivity contribution in [2.75, 3.05) is 25.2 Å². The van der Waals surface area contributed by atoms with Gasteiger partial charge in [0.25, 0.3) is 0 Å². The first-order valence-corrected chi connectivity index (χ1v) is 18.4. The molecule has 6 atom stereocenters. The molecule has 18 heteroatoms. The summed E-state index contributed by atoms with van der Waals surface area (Å²) in [6, 6.07) is 0.00774. The predicted molar refractivity (Wildman–Crippen MR) is 192 cm³/mol. The van der Waals surface area contributed by atoms with Gasteiger partial charge in [0.2, 0.25) is 29.5 Å². The summed E-state index contributed by atoms with van der Waals surface area (Å²) < 4.78 is 0. The van der Waals surface area contributed by atoms with Crippen LogP contribution in [0.1, 0.15) is 51.5 Å². The third kappa shape index (κ3) is 11.4. The Kier molecular flexibility index (Phi) is 15.9. The number of aromatic amines is 1. The largest absolute Gasteiger partial charge is 0.481 e. The van der Waals surface area contributed by atoms with Crippen molar-refractivity contribution in [1.29, 1.82) is 0 Å². The second kappa shape index (κ2) is 19.8. The minimum atomic E-state index is -1.46. The van der Waals surface area contributed by atoms with E-state index in [0.717, 1.165) is 21.4 Å². The van der Waals surface area contributed by atoms with E-state index in [2.05, 4.69) is 26.3 Å². The zero-order valence-corrected chi connectivity index (χ0v) is 30.2. The van der Waals surface area contributed by atoms with Gasteiger partial charge in [-0.05, 0) is 61.7 Å². The van der Waals surface area contributed by atoms with E-state index in [4.69, 9.17) is 5.73 Å². The molecule has 0 spiro atoms. The number of nitrogens with one attached hydrogen (secondary N) is 5. The van der Waals surface area contributed by atoms with Crippen LogP contribution in [0.15, 0.2) is 30.5 Å². The van der Waals surface area contributed by atoms with E-state index < -0.39 is 96.7 Å². The Morgan fingerprint density at radius 1 is 0.923 bits per heavy atom. The first-order chi connectivity index (χ1) is 24.7. The number of aliphatic hydroxyl groups excluding tert-OH is 1. The van der Waals surface area contributed by atoms with Crippen molar-refractivity contribution in [2.24, 2.45) is 11.7 Å². The maximum Gasteiger partial charge on any atom is 0.326 e. The predicted octanol–water partition coefficient (Wildman–Crippen LogP) is -0.681. The average molecular weight is 748 g/mol. The van der Waals surface area contributed by atoms with Gasteiger partial charge in [0.1, 0.15) is 30.2 Å². The number of thioether (sulfide) groups is 1. The zero-order chi connectivity index (χ0) is 38.5. The number of carboxylic acids is 2. The molecule has 0 radical (unpaired) electrons. The lowest BCUT2D eigenvalue weighted by molar-refractivity contribution is -0.150. The molecular formula is C34H49N7O10S. The van der Waals surface area contributed by atoms with Gasteiger partial charge in [-0.15, -0.1) is 0 Å². The minimum Gasteiger partial charge on any atom is -0.481 e. The molecule has 52 heavy (non-hydrogen) atoms. The SMILES string of the molecule is CSCC[C@H](NC(=O)[C@H](CCC(=O)O)NC(=O)[C@@H](N)Cc1c[nH]c2ccccc12)C(=O)N[C@H](C(=O)N[C@@H](CO)C(=O)N1CCC[C@H]1C(=O)O)C(C)C. The summed E-state index contributed by atoms with van der Waals surface area (Å²) in [4.78, 5) is 94.0. The Balaban J connectivity index is 1.71. The van der Waals surface area contributed by atoms with Crippen molar-refractivity contribution in [3.05, 3.63) is 36.0 Å². The molecule has 286 valence electrons. The fourth-order valence-electron chi connectivity index (χ4n) is 5.95. The molecule has 0 bridgehead atoms. The van der Waals surface area contributed by atoms with Gasteiger partial charge in [-0.1, -0.05) is 32.0 Å². The lowest BCUT2D eigenvalue weighted by atomic mass is 10.0. The number of hydrogen-bond acceptors (Lipinski definition) is 10. The van der Waals surface area contributed by atoms with Crippen LogP contribution in [0.3, 0.4) is 0 Å². The smallest absolute Gasteiger partial charge is 0.326 e. The third-order valence-electron chi connectivity index (χ3n) is 8.84. The van der Waals surface area contributed by atoms with Gasteiger partial charge in [-0.25, -0.2) is 4.79 Å². The molecule has 2 heterocycles. The average Bonchev–Trinajstić information content (AvgIpc) is 3.77. The molecule has 1 aliphatic rings. The summed E-state index contributed by atoms with van der Waals surface area (Å²) in [5.74, 6) is -6.40. The first-order valence-electron chi connectivity index (χ1n) is 17.0. The van der Waals surface area contributed by atoms with Crippen molar-refractivity contribution in [3.63, 3.8) is 0 Å². The molecule has 1 fully saturated rings. The molecule has 5 amide bonds. The number of rotatable bonds is 20. The topological polar surface area (TPSA) is 273 Å². The van der Waals surface area contributed by atoms with Crippen molar-refractivity contribution in [1.82, 2.24) is 31.2 Å². The molecule has 1 saturated heterocycles. The Hall–Kier alpha value is -4.68. The number of aliphatic hydroxyl groups is 1. The first kappa shape index (κ1) is 41.7. The fraction of sp³-hybridized carbons (Fsp3) is 0.559. The summed E-state index contributed by atoms with van der Waals surface area (Å²) in [6.45, 7) is 2.60. The molecule has 0 saturated carbocycles. The van der Waals surface area contributed by atoms with Crippen molar-refractivity contribution in [3.8, 4) is 0 Å². The Morgan fingerprint density at radius 2 is 1.56 bits per heavy atom. The van der Waals surface area contributed by atoms with Crippen molar-refractivity contribution >= 4 is 64.1 Å². The molecule has 3 rings (SSSR count). The molecule has 1 aromatic carbocycles. The van der Waals surface area contributed by atoms with Crippen LogP contribution in [0.25, 0.3) is 10.9 Å². The van der Waals surface area contributed by atoms with Gasteiger partial charge in [0.15, 0.2) is 0 Å². The highest BCUT2D eigenvalue weighted by Gasteiger charge is 2.39. The Bertz CT molecular complexity index is 1600. The van der Waals surface area contributed by atoms with Gasteiger partial charge in [-0.2, -0.15) is 11.8 Å². The molecule has 1 aliphatic heterocycles. The number of carboxylic acid groups (broad SMARTS) is 2. The molecule has 2 aromatic rings. The second-order valence-electron chi connectivity index (χ2n) is 13.0. The number of hydrogen-bond donors (Lipinski definition) is 9. The number of likely N-dealkylation sites (tertiary alicyclic amines) is 1. The summed E-state index contributed by atoms with van der Waals surface area (Å²) in [5, 5.41) is 39.7. The number of benzene rings is 1. The van der Waals surface area contributed by atoms with Gasteiger partial charge < -0.3 is 52.2 Å². The van der Waals surface area contributed by atoms with Crippen LogP contribution < -0.4 is 27.0 Å². The van der Waals surface area contributed by atoms with E-state index in [1.165, 1.54) is 11.8 Å². The van der Waals surface area contributed by atoms with Crippen molar-refractivity contribution < 1.29 is 48.9 Å². The van der Waals surface area contributed by atoms with Gasteiger partial charge in [0, 0.05) is 30.1 Å². The van der Waals surface area contributed by atoms with Crippen LogP contribution in [0.5, 0.6) is 0 Å². The summed E-state index contributed by atoms with van der Waals surface area (Å²) in [6.07, 6.45) is 3.67. The second-order valence-corrected chi connectivity index (χ2v) is 14.0. The number of nitrogens with zero attached hydrogens (tertiary/aromatic N) is 1. The van der Waals surface area contributed by atoms with E-state index in [-0.39, 0.29) is 32.2 Å². The van der Waals surface area contributed by atoms with Crippen LogP contribution >= 0.6 is 11.8 Å². The standard InChI is InChI=1S/C34H49N7O10S/c1-18(2)28(32(48)39-25(17-42)33(49)41-13-6-9-26(41)34(50)51)40-31(47)24(12-14-52-3)38-30(46)23(10-11-27(43)44)37-29(45)21(35)15-19-16-36-22-8-5-4-7-20(19)22/h4-5,7-8,16,18,21,23-26,28,36,42H,6,9-15,17,35H2,1-3H3,(H,37,45)(H,38,46)(H,39,48)(H,40,47)(H,43,44)(H,50,51)/t21-,23-,24-,25-,26-,28-/m0/s1. The minimum absolute atomic E-state index is 0.105. The summed E-state index contributed by atoms with van der Waals surface area (Å²) in [5.41, 5.74) is 7.84. The van der Waals surface area contributed by atoms with Crippen LogP contribution in [0, 0.1) is 5.92 Å². The van der Waals surface area contributed by atoms with Crippen LogP contribution in [0.4, 0.5) is 0 Å².